The van der Waals surface area contributed by atoms with Crippen LogP contribution in [-0.4, -0.2) is 63.1 Å². The van der Waals surface area contributed by atoms with Crippen LogP contribution in [-0.2, 0) is 11.2 Å². The maximum Gasteiger partial charge on any atom is 0.256 e. The van der Waals surface area contributed by atoms with Crippen molar-refractivity contribution in [2.24, 2.45) is 0 Å². The lowest BCUT2D eigenvalue weighted by molar-refractivity contribution is -0.116. The number of aromatic nitrogens is 4. The van der Waals surface area contributed by atoms with Gasteiger partial charge < -0.3 is 10.2 Å². The Kier molecular flexibility index (Phi) is 5.48. The van der Waals surface area contributed by atoms with E-state index in [2.05, 4.69) is 43.3 Å². The Morgan fingerprint density at radius 1 is 1.14 bits per heavy atom. The molecule has 1 fully saturated rings. The molecule has 3 heterocycles. The Morgan fingerprint density at radius 2 is 1.96 bits per heavy atom. The first-order valence-electron chi connectivity index (χ1n) is 9.74. The Labute approximate surface area is 164 Å². The summed E-state index contributed by atoms with van der Waals surface area (Å²) in [4.78, 5) is 21.2. The van der Waals surface area contributed by atoms with Gasteiger partial charge in [0.25, 0.3) is 5.78 Å². The number of para-hydroxylation sites is 1. The molecule has 8 nitrogen and oxygen atoms in total. The number of amides is 1. The summed E-state index contributed by atoms with van der Waals surface area (Å²) in [6.45, 7) is 6.51. The number of carbonyl (C=O) groups is 1. The second-order valence-corrected chi connectivity index (χ2v) is 6.94. The molecule has 2 aromatic heterocycles. The SMILES string of the molecule is CCc1ccccc1NC(=O)CCN1CCN(c2ccnc3nncn23)CC1. The molecule has 0 aliphatic carbocycles. The molecular formula is C20H25N7O. The van der Waals surface area contributed by atoms with Crippen LogP contribution >= 0.6 is 0 Å². The van der Waals surface area contributed by atoms with Gasteiger partial charge in [0.15, 0.2) is 0 Å². The van der Waals surface area contributed by atoms with Gasteiger partial charge in [-0.3, -0.25) is 14.1 Å². The molecule has 3 aromatic rings. The Hall–Kier alpha value is -3.00. The standard InChI is InChI=1S/C20H25N7O/c1-2-16-5-3-4-6-17(16)23-18(28)8-10-25-11-13-26(14-12-25)19-7-9-21-20-24-22-15-27(19)20/h3-7,9,15H,2,8,10-14H2,1H3,(H,23,28). The van der Waals surface area contributed by atoms with Crippen molar-refractivity contribution in [3.8, 4) is 0 Å². The van der Waals surface area contributed by atoms with Crippen LogP contribution in [0.3, 0.4) is 0 Å². The molecule has 0 bridgehead atoms. The van der Waals surface area contributed by atoms with E-state index in [4.69, 9.17) is 0 Å². The van der Waals surface area contributed by atoms with Crippen LogP contribution in [0.15, 0.2) is 42.9 Å². The zero-order chi connectivity index (χ0) is 19.3. The van der Waals surface area contributed by atoms with Gasteiger partial charge in [0.2, 0.25) is 5.91 Å². The number of hydrogen-bond donors (Lipinski definition) is 1. The highest BCUT2D eigenvalue weighted by Gasteiger charge is 2.20. The maximum absolute atomic E-state index is 12.4. The molecule has 1 saturated heterocycles. The number of nitrogens with zero attached hydrogens (tertiary/aromatic N) is 6. The summed E-state index contributed by atoms with van der Waals surface area (Å²) in [5.74, 6) is 1.75. The average Bonchev–Trinajstić information content (AvgIpc) is 3.22. The molecule has 1 aliphatic rings. The number of hydrogen-bond acceptors (Lipinski definition) is 6. The van der Waals surface area contributed by atoms with E-state index in [1.165, 1.54) is 5.56 Å². The van der Waals surface area contributed by atoms with Crippen molar-refractivity contribution in [3.63, 3.8) is 0 Å². The van der Waals surface area contributed by atoms with Crippen molar-refractivity contribution in [2.75, 3.05) is 42.9 Å². The van der Waals surface area contributed by atoms with Crippen LogP contribution in [0, 0.1) is 0 Å². The molecule has 146 valence electrons. The van der Waals surface area contributed by atoms with Crippen molar-refractivity contribution >= 4 is 23.2 Å². The number of fused-ring (bicyclic) bond motifs is 1. The van der Waals surface area contributed by atoms with Gasteiger partial charge in [-0.1, -0.05) is 25.1 Å². The highest BCUT2D eigenvalue weighted by atomic mass is 16.1. The van der Waals surface area contributed by atoms with Crippen LogP contribution in [0.4, 0.5) is 11.5 Å². The first-order valence-corrected chi connectivity index (χ1v) is 9.74. The van der Waals surface area contributed by atoms with Crippen molar-refractivity contribution in [3.05, 3.63) is 48.4 Å². The zero-order valence-corrected chi connectivity index (χ0v) is 16.1. The summed E-state index contributed by atoms with van der Waals surface area (Å²) in [5.41, 5.74) is 2.09. The Morgan fingerprint density at radius 3 is 2.79 bits per heavy atom. The fourth-order valence-corrected chi connectivity index (χ4v) is 3.61. The van der Waals surface area contributed by atoms with Crippen molar-refractivity contribution in [2.45, 2.75) is 19.8 Å². The van der Waals surface area contributed by atoms with Crippen LogP contribution in [0.25, 0.3) is 5.78 Å². The van der Waals surface area contributed by atoms with E-state index in [9.17, 15) is 4.79 Å². The fourth-order valence-electron chi connectivity index (χ4n) is 3.61. The second-order valence-electron chi connectivity index (χ2n) is 6.94. The lowest BCUT2D eigenvalue weighted by Crippen LogP contribution is -2.47. The Bertz CT molecular complexity index is 946. The summed E-state index contributed by atoms with van der Waals surface area (Å²) >= 11 is 0. The molecule has 28 heavy (non-hydrogen) atoms. The van der Waals surface area contributed by atoms with E-state index >= 15 is 0 Å². The quantitative estimate of drug-likeness (QED) is 0.704. The molecule has 0 radical (unpaired) electrons. The highest BCUT2D eigenvalue weighted by Crippen LogP contribution is 2.17. The molecule has 0 spiro atoms. The van der Waals surface area contributed by atoms with Crippen LogP contribution in [0.5, 0.6) is 0 Å². The van der Waals surface area contributed by atoms with E-state index in [-0.39, 0.29) is 5.91 Å². The number of anilines is 2. The van der Waals surface area contributed by atoms with Gasteiger partial charge in [-0.15, -0.1) is 10.2 Å². The molecule has 1 amide bonds. The molecule has 0 atom stereocenters. The predicted octanol–water partition coefficient (Wildman–Crippen LogP) is 1.84. The third kappa shape index (κ3) is 3.96. The van der Waals surface area contributed by atoms with E-state index in [1.54, 1.807) is 12.5 Å². The van der Waals surface area contributed by atoms with Gasteiger partial charge >= 0.3 is 0 Å². The van der Waals surface area contributed by atoms with Crippen LogP contribution in [0.1, 0.15) is 18.9 Å². The molecule has 1 N–H and O–H groups in total. The van der Waals surface area contributed by atoms with E-state index in [0.717, 1.165) is 50.6 Å². The van der Waals surface area contributed by atoms with E-state index < -0.39 is 0 Å². The largest absolute Gasteiger partial charge is 0.355 e. The maximum atomic E-state index is 12.4. The third-order valence-electron chi connectivity index (χ3n) is 5.21. The second kappa shape index (κ2) is 8.35. The minimum atomic E-state index is 0.0728. The summed E-state index contributed by atoms with van der Waals surface area (Å²) in [6.07, 6.45) is 4.88. The first-order chi connectivity index (χ1) is 13.7. The van der Waals surface area contributed by atoms with Crippen molar-refractivity contribution in [1.82, 2.24) is 24.5 Å². The van der Waals surface area contributed by atoms with Crippen LogP contribution < -0.4 is 10.2 Å². The molecular weight excluding hydrogens is 354 g/mol. The lowest BCUT2D eigenvalue weighted by Gasteiger charge is -2.35. The molecule has 0 unspecified atom stereocenters. The molecule has 1 aliphatic heterocycles. The zero-order valence-electron chi connectivity index (χ0n) is 16.1. The number of rotatable bonds is 6. The number of nitrogens with one attached hydrogen (secondary N) is 1. The summed E-state index contributed by atoms with van der Waals surface area (Å²) < 4.78 is 1.91. The highest BCUT2D eigenvalue weighted by molar-refractivity contribution is 5.91. The fraction of sp³-hybridized carbons (Fsp3) is 0.400. The van der Waals surface area contributed by atoms with Gasteiger partial charge in [-0.2, -0.15) is 0 Å². The van der Waals surface area contributed by atoms with Crippen molar-refractivity contribution in [1.29, 1.82) is 0 Å². The monoisotopic (exact) mass is 379 g/mol. The van der Waals surface area contributed by atoms with Gasteiger partial charge in [-0.25, -0.2) is 4.98 Å². The van der Waals surface area contributed by atoms with E-state index in [1.807, 2.05) is 28.7 Å². The average molecular weight is 379 g/mol. The smallest absolute Gasteiger partial charge is 0.256 e. The molecule has 4 rings (SSSR count). The van der Waals surface area contributed by atoms with Gasteiger partial charge in [0.05, 0.1) is 0 Å². The Balaban J connectivity index is 1.28. The first kappa shape index (κ1) is 18.4. The number of aryl methyl sites for hydroxylation is 1. The van der Waals surface area contributed by atoms with Gasteiger partial charge in [0, 0.05) is 51.0 Å². The minimum Gasteiger partial charge on any atom is -0.355 e. The summed E-state index contributed by atoms with van der Waals surface area (Å²) in [7, 11) is 0. The lowest BCUT2D eigenvalue weighted by atomic mass is 10.1. The predicted molar refractivity (Wildman–Crippen MR) is 109 cm³/mol. The minimum absolute atomic E-state index is 0.0728. The number of carbonyl (C=O) groups excluding carboxylic acids is 1. The van der Waals surface area contributed by atoms with Crippen molar-refractivity contribution < 1.29 is 4.79 Å². The molecule has 8 heteroatoms. The molecule has 0 saturated carbocycles. The third-order valence-corrected chi connectivity index (χ3v) is 5.21. The topological polar surface area (TPSA) is 78.7 Å². The number of piperazine rings is 1. The molecule has 1 aromatic carbocycles. The summed E-state index contributed by atoms with van der Waals surface area (Å²) in [5, 5.41) is 11.0. The van der Waals surface area contributed by atoms with E-state index in [0.29, 0.717) is 12.2 Å². The summed E-state index contributed by atoms with van der Waals surface area (Å²) in [6, 6.07) is 9.98. The number of benzene rings is 1. The van der Waals surface area contributed by atoms with Crippen LogP contribution in [0.2, 0.25) is 0 Å². The van der Waals surface area contributed by atoms with Gasteiger partial charge in [0.1, 0.15) is 12.1 Å². The van der Waals surface area contributed by atoms with Gasteiger partial charge in [-0.05, 0) is 24.1 Å². The normalized spacial score (nSPS) is 15.1.